The number of aryl methyl sites for hydroxylation is 2. The van der Waals surface area contributed by atoms with Gasteiger partial charge in [-0.2, -0.15) is 0 Å². The summed E-state index contributed by atoms with van der Waals surface area (Å²) in [6.45, 7) is 6.88. The molecule has 0 saturated carbocycles. The average Bonchev–Trinajstić information content (AvgIpc) is 2.47. The van der Waals surface area contributed by atoms with Crippen LogP contribution in [-0.2, 0) is 4.79 Å². The minimum Gasteiger partial charge on any atom is -0.494 e. The normalized spacial score (nSPS) is 10.1. The summed E-state index contributed by atoms with van der Waals surface area (Å²) in [7, 11) is 0. The van der Waals surface area contributed by atoms with Gasteiger partial charge in [0, 0.05) is 11.4 Å². The first-order valence-electron chi connectivity index (χ1n) is 7.41. The summed E-state index contributed by atoms with van der Waals surface area (Å²) < 4.78 is 5.37. The lowest BCUT2D eigenvalue weighted by molar-refractivity contribution is -0.114. The molecule has 0 spiro atoms. The van der Waals surface area contributed by atoms with Gasteiger partial charge in [0.1, 0.15) is 5.75 Å². The zero-order valence-corrected chi connectivity index (χ0v) is 13.3. The number of amides is 1. The molecule has 2 aromatic carbocycles. The van der Waals surface area contributed by atoms with Crippen molar-refractivity contribution in [3.63, 3.8) is 0 Å². The molecule has 0 aliphatic carbocycles. The lowest BCUT2D eigenvalue weighted by atomic mass is 10.1. The molecule has 0 saturated heterocycles. The Morgan fingerprint density at radius 1 is 1.00 bits per heavy atom. The van der Waals surface area contributed by atoms with Gasteiger partial charge in [-0.25, -0.2) is 0 Å². The SMILES string of the molecule is CCOc1ccc(NC(=O)CNc2cc(C)cc(C)c2)cc1. The van der Waals surface area contributed by atoms with Crippen LogP contribution in [-0.4, -0.2) is 19.1 Å². The first kappa shape index (κ1) is 15.9. The molecule has 0 aliphatic heterocycles. The number of hydrogen-bond acceptors (Lipinski definition) is 3. The van der Waals surface area contributed by atoms with Crippen molar-refractivity contribution in [2.45, 2.75) is 20.8 Å². The van der Waals surface area contributed by atoms with E-state index < -0.39 is 0 Å². The molecule has 4 nitrogen and oxygen atoms in total. The van der Waals surface area contributed by atoms with Crippen LogP contribution in [0.3, 0.4) is 0 Å². The smallest absolute Gasteiger partial charge is 0.243 e. The van der Waals surface area contributed by atoms with E-state index in [2.05, 4.69) is 16.7 Å². The maximum absolute atomic E-state index is 12.0. The summed E-state index contributed by atoms with van der Waals surface area (Å²) in [5.74, 6) is 0.720. The van der Waals surface area contributed by atoms with Crippen LogP contribution in [0.15, 0.2) is 42.5 Å². The fraction of sp³-hybridized carbons (Fsp3) is 0.278. The van der Waals surface area contributed by atoms with Crippen LogP contribution < -0.4 is 15.4 Å². The molecule has 0 radical (unpaired) electrons. The summed E-state index contributed by atoms with van der Waals surface area (Å²) >= 11 is 0. The summed E-state index contributed by atoms with van der Waals surface area (Å²) in [6.07, 6.45) is 0. The first-order chi connectivity index (χ1) is 10.6. The van der Waals surface area contributed by atoms with Gasteiger partial charge in [-0.3, -0.25) is 4.79 Å². The highest BCUT2D eigenvalue weighted by molar-refractivity contribution is 5.93. The van der Waals surface area contributed by atoms with E-state index in [4.69, 9.17) is 4.74 Å². The van der Waals surface area contributed by atoms with E-state index in [-0.39, 0.29) is 12.5 Å². The fourth-order valence-corrected chi connectivity index (χ4v) is 2.27. The number of benzene rings is 2. The van der Waals surface area contributed by atoms with E-state index in [9.17, 15) is 4.79 Å². The fourth-order valence-electron chi connectivity index (χ4n) is 2.27. The lowest BCUT2D eigenvalue weighted by Crippen LogP contribution is -2.21. The predicted octanol–water partition coefficient (Wildman–Crippen LogP) is 3.75. The molecule has 0 atom stereocenters. The van der Waals surface area contributed by atoms with Crippen LogP contribution in [0.25, 0.3) is 0 Å². The summed E-state index contributed by atoms with van der Waals surface area (Å²) in [5, 5.41) is 6.00. The Balaban J connectivity index is 1.87. The van der Waals surface area contributed by atoms with E-state index in [0.29, 0.717) is 6.61 Å². The number of rotatable bonds is 6. The van der Waals surface area contributed by atoms with E-state index in [1.165, 1.54) is 11.1 Å². The van der Waals surface area contributed by atoms with Crippen molar-refractivity contribution in [2.24, 2.45) is 0 Å². The van der Waals surface area contributed by atoms with E-state index in [0.717, 1.165) is 17.1 Å². The summed E-state index contributed by atoms with van der Waals surface area (Å²) in [6, 6.07) is 13.5. The van der Waals surface area contributed by atoms with Gasteiger partial charge in [0.05, 0.1) is 13.2 Å². The van der Waals surface area contributed by atoms with Crippen molar-refractivity contribution in [1.29, 1.82) is 0 Å². The Morgan fingerprint density at radius 2 is 1.64 bits per heavy atom. The number of carbonyl (C=O) groups excluding carboxylic acids is 1. The van der Waals surface area contributed by atoms with Crippen molar-refractivity contribution < 1.29 is 9.53 Å². The van der Waals surface area contributed by atoms with Crippen LogP contribution in [0.4, 0.5) is 11.4 Å². The highest BCUT2D eigenvalue weighted by Crippen LogP contribution is 2.16. The molecule has 0 unspecified atom stereocenters. The third-order valence-corrected chi connectivity index (χ3v) is 3.12. The zero-order valence-electron chi connectivity index (χ0n) is 13.3. The van der Waals surface area contributed by atoms with Gasteiger partial charge in [0.2, 0.25) is 5.91 Å². The lowest BCUT2D eigenvalue weighted by Gasteiger charge is -2.10. The number of anilines is 2. The van der Waals surface area contributed by atoms with E-state index in [1.54, 1.807) is 0 Å². The summed E-state index contributed by atoms with van der Waals surface area (Å²) in [5.41, 5.74) is 4.07. The van der Waals surface area contributed by atoms with Crippen molar-refractivity contribution in [3.05, 3.63) is 53.6 Å². The van der Waals surface area contributed by atoms with E-state index in [1.807, 2.05) is 57.2 Å². The molecular formula is C18H22N2O2. The van der Waals surface area contributed by atoms with Crippen molar-refractivity contribution in [2.75, 3.05) is 23.8 Å². The van der Waals surface area contributed by atoms with Crippen LogP contribution >= 0.6 is 0 Å². The molecule has 0 heterocycles. The van der Waals surface area contributed by atoms with Crippen molar-refractivity contribution in [3.8, 4) is 5.75 Å². The maximum atomic E-state index is 12.0. The quantitative estimate of drug-likeness (QED) is 0.854. The van der Waals surface area contributed by atoms with Gasteiger partial charge >= 0.3 is 0 Å². The first-order valence-corrected chi connectivity index (χ1v) is 7.41. The molecule has 2 aromatic rings. The van der Waals surface area contributed by atoms with Crippen LogP contribution in [0.2, 0.25) is 0 Å². The second kappa shape index (κ2) is 7.50. The minimum atomic E-state index is -0.0803. The van der Waals surface area contributed by atoms with E-state index >= 15 is 0 Å². The summed E-state index contributed by atoms with van der Waals surface area (Å²) in [4.78, 5) is 12.0. The van der Waals surface area contributed by atoms with Crippen LogP contribution in [0.5, 0.6) is 5.75 Å². The Labute approximate surface area is 131 Å². The monoisotopic (exact) mass is 298 g/mol. The molecule has 2 rings (SSSR count). The molecule has 0 aromatic heterocycles. The maximum Gasteiger partial charge on any atom is 0.243 e. The number of hydrogen-bond donors (Lipinski definition) is 2. The van der Waals surface area contributed by atoms with Crippen molar-refractivity contribution in [1.82, 2.24) is 0 Å². The Kier molecular flexibility index (Phi) is 5.42. The Bertz CT molecular complexity index is 616. The molecule has 0 aliphatic rings. The molecule has 0 bridgehead atoms. The van der Waals surface area contributed by atoms with Crippen LogP contribution in [0, 0.1) is 13.8 Å². The zero-order chi connectivity index (χ0) is 15.9. The molecular weight excluding hydrogens is 276 g/mol. The third kappa shape index (κ3) is 4.81. The molecule has 4 heteroatoms. The van der Waals surface area contributed by atoms with Gasteiger partial charge in [-0.15, -0.1) is 0 Å². The van der Waals surface area contributed by atoms with Crippen molar-refractivity contribution >= 4 is 17.3 Å². The van der Waals surface area contributed by atoms with Gasteiger partial charge in [0.15, 0.2) is 0 Å². The Hall–Kier alpha value is -2.49. The highest BCUT2D eigenvalue weighted by atomic mass is 16.5. The number of carbonyl (C=O) groups is 1. The third-order valence-electron chi connectivity index (χ3n) is 3.12. The predicted molar refractivity (Wildman–Crippen MR) is 90.6 cm³/mol. The highest BCUT2D eigenvalue weighted by Gasteiger charge is 2.03. The van der Waals surface area contributed by atoms with Crippen LogP contribution in [0.1, 0.15) is 18.1 Å². The number of nitrogens with one attached hydrogen (secondary N) is 2. The average molecular weight is 298 g/mol. The largest absolute Gasteiger partial charge is 0.494 e. The topological polar surface area (TPSA) is 50.4 Å². The molecule has 1 amide bonds. The molecule has 0 fully saturated rings. The van der Waals surface area contributed by atoms with Gasteiger partial charge in [-0.05, 0) is 68.3 Å². The Morgan fingerprint density at radius 3 is 2.23 bits per heavy atom. The molecule has 116 valence electrons. The second-order valence-electron chi connectivity index (χ2n) is 5.24. The standard InChI is InChI=1S/C18H22N2O2/c1-4-22-17-7-5-15(6-8-17)20-18(21)12-19-16-10-13(2)9-14(3)11-16/h5-11,19H,4,12H2,1-3H3,(H,20,21). The second-order valence-corrected chi connectivity index (χ2v) is 5.24. The molecule has 2 N–H and O–H groups in total. The minimum absolute atomic E-state index is 0.0803. The van der Waals surface area contributed by atoms with Gasteiger partial charge in [-0.1, -0.05) is 6.07 Å². The number of ether oxygens (including phenoxy) is 1. The van der Waals surface area contributed by atoms with Gasteiger partial charge < -0.3 is 15.4 Å². The molecule has 22 heavy (non-hydrogen) atoms. The van der Waals surface area contributed by atoms with Gasteiger partial charge in [0.25, 0.3) is 0 Å².